The minimum atomic E-state index is -0.274. The first-order chi connectivity index (χ1) is 30.2. The number of ether oxygens (including phenoxy) is 2. The fraction of sp³-hybridized carbons (Fsp3) is 0.143. The zero-order valence-corrected chi connectivity index (χ0v) is 38.3. The molecule has 0 saturated carbocycles. The van der Waals surface area contributed by atoms with Crippen molar-refractivity contribution in [1.29, 1.82) is 0 Å². The van der Waals surface area contributed by atoms with Gasteiger partial charge in [0.15, 0.2) is 0 Å². The minimum Gasteiger partial charge on any atom is -0.502 e. The van der Waals surface area contributed by atoms with Crippen molar-refractivity contribution < 1.29 is 30.5 Å². The van der Waals surface area contributed by atoms with Crippen LogP contribution < -0.4 is 25.9 Å². The molecular weight excluding hydrogens is 953 g/mol. The number of hydrogen-bond donors (Lipinski definition) is 0. The van der Waals surface area contributed by atoms with Crippen LogP contribution in [0.5, 0.6) is 23.0 Å². The Morgan fingerprint density at radius 3 is 1.84 bits per heavy atom. The molecule has 9 aromatic rings. The standard InChI is InChI=1S/C56H44BN3O2.Pt/c1-33(2)43-32-44(34(3)4)55-52-54(43)61-50-25-23-39(48-31-38(27-28-58-48)42-20-11-10-19-41(42)37-17-8-7-9-18-37)29-45(50)57(52)46-30-40(24-26-51(46)62-55)56-59-47-21-12-13-22-49(47)60(56)53-35(5)15-14-16-36(53)6;/h7-28,31-34H,1-6H3;/q-2;+2. The third-order valence-corrected chi connectivity index (χ3v) is 12.6. The van der Waals surface area contributed by atoms with E-state index in [2.05, 4.69) is 198 Å². The fourth-order valence-corrected chi connectivity index (χ4v) is 9.54. The van der Waals surface area contributed by atoms with Gasteiger partial charge in [-0.2, -0.15) is 0 Å². The van der Waals surface area contributed by atoms with Crippen molar-refractivity contribution in [3.63, 3.8) is 0 Å². The topological polar surface area (TPSA) is 49.2 Å². The van der Waals surface area contributed by atoms with Crippen molar-refractivity contribution in [2.75, 3.05) is 0 Å². The molecule has 7 aromatic carbocycles. The summed E-state index contributed by atoms with van der Waals surface area (Å²) in [5, 5.41) is 0. The summed E-state index contributed by atoms with van der Waals surface area (Å²) < 4.78 is 16.3. The van der Waals surface area contributed by atoms with E-state index in [0.29, 0.717) is 0 Å². The van der Waals surface area contributed by atoms with Crippen molar-refractivity contribution in [2.45, 2.75) is 53.4 Å². The molecule has 0 fully saturated rings. The zero-order chi connectivity index (χ0) is 42.2. The van der Waals surface area contributed by atoms with Crippen molar-refractivity contribution in [3.8, 4) is 73.6 Å². The van der Waals surface area contributed by atoms with Crippen LogP contribution in [0.25, 0.3) is 61.6 Å². The summed E-state index contributed by atoms with van der Waals surface area (Å²) in [4.78, 5) is 10.2. The van der Waals surface area contributed by atoms with Crippen LogP contribution in [-0.4, -0.2) is 21.2 Å². The second-order valence-electron chi connectivity index (χ2n) is 17.2. The third kappa shape index (κ3) is 6.75. The van der Waals surface area contributed by atoms with Crippen LogP contribution in [0.15, 0.2) is 146 Å². The van der Waals surface area contributed by atoms with Crippen LogP contribution in [0.1, 0.15) is 61.8 Å². The molecule has 63 heavy (non-hydrogen) atoms. The normalized spacial score (nSPS) is 12.3. The van der Waals surface area contributed by atoms with Crippen LogP contribution >= 0.6 is 0 Å². The number of imidazole rings is 1. The van der Waals surface area contributed by atoms with E-state index < -0.39 is 0 Å². The van der Waals surface area contributed by atoms with E-state index in [1.54, 1.807) is 0 Å². The maximum Gasteiger partial charge on any atom is 2.00 e. The molecule has 0 saturated heterocycles. The van der Waals surface area contributed by atoms with Gasteiger partial charge < -0.3 is 19.0 Å². The van der Waals surface area contributed by atoms with Gasteiger partial charge in [0.25, 0.3) is 0 Å². The number of pyridine rings is 1. The summed E-state index contributed by atoms with van der Waals surface area (Å²) in [6.07, 6.45) is 1.90. The van der Waals surface area contributed by atoms with Gasteiger partial charge in [0.05, 0.1) is 16.9 Å². The van der Waals surface area contributed by atoms with Crippen LogP contribution in [-0.2, 0) is 21.1 Å². The molecule has 2 aliphatic heterocycles. The first-order valence-electron chi connectivity index (χ1n) is 21.6. The van der Waals surface area contributed by atoms with Gasteiger partial charge in [-0.15, -0.1) is 58.5 Å². The second kappa shape index (κ2) is 16.0. The molecular formula is C56H44BN3O2Pt. The molecule has 0 spiro atoms. The average Bonchev–Trinajstić information content (AvgIpc) is 3.68. The van der Waals surface area contributed by atoms with Gasteiger partial charge in [0.2, 0.25) is 6.71 Å². The van der Waals surface area contributed by atoms with Crippen molar-refractivity contribution >= 4 is 34.1 Å². The summed E-state index contributed by atoms with van der Waals surface area (Å²) in [6.45, 7) is 13.0. The first-order valence-corrected chi connectivity index (χ1v) is 21.6. The van der Waals surface area contributed by atoms with Crippen molar-refractivity contribution in [2.24, 2.45) is 0 Å². The number of fused-ring (bicyclic) bond motifs is 5. The summed E-state index contributed by atoms with van der Waals surface area (Å²) >= 11 is 0. The van der Waals surface area contributed by atoms with Crippen molar-refractivity contribution in [1.82, 2.24) is 14.5 Å². The molecule has 0 aliphatic carbocycles. The third-order valence-electron chi connectivity index (χ3n) is 12.6. The summed E-state index contributed by atoms with van der Waals surface area (Å²) in [5.74, 6) is 4.55. The second-order valence-corrected chi connectivity index (χ2v) is 17.2. The van der Waals surface area contributed by atoms with Gasteiger partial charge in [-0.3, -0.25) is 4.98 Å². The van der Waals surface area contributed by atoms with Gasteiger partial charge >= 0.3 is 21.1 Å². The van der Waals surface area contributed by atoms with Gasteiger partial charge in [0.1, 0.15) is 11.5 Å². The van der Waals surface area contributed by atoms with E-state index in [-0.39, 0.29) is 39.6 Å². The predicted octanol–water partition coefficient (Wildman–Crippen LogP) is 12.3. The molecule has 2 aliphatic rings. The monoisotopic (exact) mass is 996 g/mol. The Labute approximate surface area is 384 Å². The Morgan fingerprint density at radius 1 is 0.587 bits per heavy atom. The first kappa shape index (κ1) is 40.6. The Hall–Kier alpha value is -6.49. The number of hydrogen-bond acceptors (Lipinski definition) is 4. The maximum absolute atomic E-state index is 7.03. The van der Waals surface area contributed by atoms with E-state index in [0.717, 1.165) is 89.9 Å². The molecule has 7 heteroatoms. The number of benzene rings is 7. The minimum absolute atomic E-state index is 0. The molecule has 0 N–H and O–H groups in total. The molecule has 0 atom stereocenters. The Balaban J connectivity index is 0.00000471. The van der Waals surface area contributed by atoms with Gasteiger partial charge in [-0.25, -0.2) is 0 Å². The Morgan fingerprint density at radius 2 is 1.17 bits per heavy atom. The van der Waals surface area contributed by atoms with Gasteiger partial charge in [-0.05, 0) is 100 Å². The van der Waals surface area contributed by atoms with E-state index in [1.807, 2.05) is 6.20 Å². The Kier molecular flexibility index (Phi) is 10.3. The largest absolute Gasteiger partial charge is 2.00 e. The fourth-order valence-electron chi connectivity index (χ4n) is 9.54. The van der Waals surface area contributed by atoms with Crippen LogP contribution in [0, 0.1) is 26.0 Å². The quantitative estimate of drug-likeness (QED) is 0.118. The Bertz CT molecular complexity index is 3200. The van der Waals surface area contributed by atoms with Crippen LogP contribution in [0.2, 0.25) is 0 Å². The number of rotatable bonds is 7. The van der Waals surface area contributed by atoms with Gasteiger partial charge in [0, 0.05) is 28.8 Å². The SMILES string of the molecule is Cc1cccc(C)c1-n1c(-c2[c-]c3c(cc2)Oc2c(C(C)C)cc(C(C)C)c4c2B3c2[c-]c(-c3cc(-c5ccccc5-c5ccccc5)ccn3)ccc2O4)nc2ccccc21.[Pt+2]. The van der Waals surface area contributed by atoms with Crippen LogP contribution in [0.3, 0.4) is 0 Å². The average molecular weight is 997 g/mol. The molecule has 11 rings (SSSR count). The van der Waals surface area contributed by atoms with E-state index >= 15 is 0 Å². The van der Waals surface area contributed by atoms with Crippen LogP contribution in [0.4, 0.5) is 0 Å². The summed E-state index contributed by atoms with van der Waals surface area (Å²) in [6, 6.07) is 56.7. The molecule has 5 nitrogen and oxygen atoms in total. The maximum atomic E-state index is 7.03. The number of aromatic nitrogens is 3. The van der Waals surface area contributed by atoms with E-state index in [1.165, 1.54) is 33.4 Å². The van der Waals surface area contributed by atoms with Crippen molar-refractivity contribution in [3.05, 3.63) is 180 Å². The molecule has 0 radical (unpaired) electrons. The number of aryl methyl sites for hydroxylation is 2. The molecule has 308 valence electrons. The molecule has 0 unspecified atom stereocenters. The summed E-state index contributed by atoms with van der Waals surface area (Å²) in [5.41, 5.74) is 17.9. The van der Waals surface area contributed by atoms with E-state index in [9.17, 15) is 0 Å². The molecule has 0 amide bonds. The molecule has 0 bridgehead atoms. The van der Waals surface area contributed by atoms with Gasteiger partial charge in [-0.1, -0.05) is 119 Å². The zero-order valence-electron chi connectivity index (χ0n) is 36.1. The molecule has 2 aromatic heterocycles. The smallest absolute Gasteiger partial charge is 0.502 e. The molecule has 4 heterocycles. The summed E-state index contributed by atoms with van der Waals surface area (Å²) in [7, 11) is 0. The number of nitrogens with zero attached hydrogens (tertiary/aromatic N) is 3. The predicted molar refractivity (Wildman–Crippen MR) is 254 cm³/mol. The number of para-hydroxylation sites is 3. The van der Waals surface area contributed by atoms with E-state index in [4.69, 9.17) is 19.4 Å².